The van der Waals surface area contributed by atoms with Gasteiger partial charge in [-0.05, 0) is 18.6 Å². The van der Waals surface area contributed by atoms with Gasteiger partial charge in [0.05, 0.1) is 6.61 Å². The lowest BCUT2D eigenvalue weighted by Gasteiger charge is -2.05. The highest BCUT2D eigenvalue weighted by molar-refractivity contribution is 7.99. The fourth-order valence-electron chi connectivity index (χ4n) is 1.55. The van der Waals surface area contributed by atoms with E-state index in [0.717, 1.165) is 23.6 Å². The molecule has 0 aliphatic carbocycles. The van der Waals surface area contributed by atoms with E-state index in [1.54, 1.807) is 0 Å². The zero-order valence-corrected chi connectivity index (χ0v) is 11.6. The van der Waals surface area contributed by atoms with E-state index in [4.69, 9.17) is 4.74 Å². The van der Waals surface area contributed by atoms with E-state index < -0.39 is 0 Å². The topological polar surface area (TPSA) is 55.0 Å². The number of para-hydroxylation sites is 1. The second-order valence-electron chi connectivity index (χ2n) is 3.91. The lowest BCUT2D eigenvalue weighted by molar-refractivity contribution is 0.344. The first-order valence-electron chi connectivity index (χ1n) is 6.19. The van der Waals surface area contributed by atoms with Gasteiger partial charge in [-0.15, -0.1) is 0 Å². The Bertz CT molecular complexity index is 569. The number of hydrogen-bond donors (Lipinski definition) is 1. The number of thioether (sulfide) groups is 1. The van der Waals surface area contributed by atoms with E-state index in [1.165, 1.54) is 17.8 Å². The van der Waals surface area contributed by atoms with Crippen LogP contribution < -0.4 is 10.3 Å². The maximum absolute atomic E-state index is 11.4. The number of aromatic nitrogens is 2. The fraction of sp³-hybridized carbons (Fsp3) is 0.286. The van der Waals surface area contributed by atoms with Crippen molar-refractivity contribution in [3.63, 3.8) is 0 Å². The van der Waals surface area contributed by atoms with Gasteiger partial charge in [0.15, 0.2) is 5.16 Å². The Morgan fingerprint density at radius 3 is 2.84 bits per heavy atom. The van der Waals surface area contributed by atoms with E-state index in [0.29, 0.717) is 11.8 Å². The molecule has 4 nitrogen and oxygen atoms in total. The normalized spacial score (nSPS) is 10.4. The number of hydrogen-bond acceptors (Lipinski definition) is 4. The average molecular weight is 276 g/mol. The maximum atomic E-state index is 11.4. The summed E-state index contributed by atoms with van der Waals surface area (Å²) >= 11 is 1.49. The van der Waals surface area contributed by atoms with Crippen LogP contribution in [0.15, 0.2) is 46.3 Å². The van der Waals surface area contributed by atoms with Crippen molar-refractivity contribution in [3.8, 4) is 5.75 Å². The molecule has 2 rings (SSSR count). The van der Waals surface area contributed by atoms with Crippen LogP contribution >= 0.6 is 11.8 Å². The summed E-state index contributed by atoms with van der Waals surface area (Å²) in [7, 11) is 0. The minimum atomic E-state index is -0.0988. The number of H-pyrrole nitrogens is 1. The highest BCUT2D eigenvalue weighted by atomic mass is 32.2. The summed E-state index contributed by atoms with van der Waals surface area (Å²) in [4.78, 5) is 18.5. The average Bonchev–Trinajstić information content (AvgIpc) is 2.44. The molecule has 0 amide bonds. The van der Waals surface area contributed by atoms with Gasteiger partial charge >= 0.3 is 0 Å². The van der Waals surface area contributed by atoms with Gasteiger partial charge in [0, 0.05) is 17.5 Å². The third-order valence-corrected chi connectivity index (χ3v) is 3.31. The van der Waals surface area contributed by atoms with Crippen molar-refractivity contribution < 1.29 is 4.74 Å². The molecule has 0 aliphatic rings. The molecular formula is C14H16N2O2S. The van der Waals surface area contributed by atoms with Gasteiger partial charge in [-0.2, -0.15) is 0 Å². The van der Waals surface area contributed by atoms with Crippen LogP contribution in [0.4, 0.5) is 0 Å². The van der Waals surface area contributed by atoms with Crippen molar-refractivity contribution in [2.45, 2.75) is 18.5 Å². The van der Waals surface area contributed by atoms with Gasteiger partial charge in [0.25, 0.3) is 5.56 Å². The fourth-order valence-corrected chi connectivity index (χ4v) is 2.26. The van der Waals surface area contributed by atoms with Gasteiger partial charge < -0.3 is 9.72 Å². The first kappa shape index (κ1) is 13.7. The molecule has 1 N–H and O–H groups in total. The maximum Gasteiger partial charge on any atom is 0.251 e. The first-order valence-corrected chi connectivity index (χ1v) is 7.17. The van der Waals surface area contributed by atoms with Gasteiger partial charge in [0.2, 0.25) is 0 Å². The second-order valence-corrected chi connectivity index (χ2v) is 4.99. The van der Waals surface area contributed by atoms with E-state index in [1.807, 2.05) is 37.3 Å². The number of rotatable bonds is 6. The number of nitrogens with one attached hydrogen (secondary N) is 1. The Balaban J connectivity index is 1.83. The van der Waals surface area contributed by atoms with Crippen LogP contribution in [-0.4, -0.2) is 22.3 Å². The van der Waals surface area contributed by atoms with Crippen molar-refractivity contribution in [3.05, 3.63) is 52.4 Å². The standard InChI is InChI=1S/C14H16N2O2S/c1-2-11-10-13(17)16-14(15-11)19-9-8-18-12-6-4-3-5-7-12/h3-7,10H,2,8-9H2,1H3,(H,15,16,17). The molecule has 1 aromatic heterocycles. The molecular weight excluding hydrogens is 260 g/mol. The predicted molar refractivity (Wildman–Crippen MR) is 76.9 cm³/mol. The molecule has 100 valence electrons. The largest absolute Gasteiger partial charge is 0.493 e. The van der Waals surface area contributed by atoms with Crippen molar-refractivity contribution in [2.24, 2.45) is 0 Å². The molecule has 2 aromatic rings. The third kappa shape index (κ3) is 4.44. The Kier molecular flexibility index (Phi) is 5.03. The van der Waals surface area contributed by atoms with Crippen LogP contribution in [0.1, 0.15) is 12.6 Å². The molecule has 0 saturated carbocycles. The number of aryl methyl sites for hydroxylation is 1. The molecule has 0 atom stereocenters. The molecule has 1 heterocycles. The quantitative estimate of drug-likeness (QED) is 0.500. The molecule has 0 bridgehead atoms. The van der Waals surface area contributed by atoms with E-state index >= 15 is 0 Å². The van der Waals surface area contributed by atoms with Gasteiger partial charge in [0.1, 0.15) is 5.75 Å². The summed E-state index contributed by atoms with van der Waals surface area (Å²) in [5.41, 5.74) is 0.716. The zero-order valence-electron chi connectivity index (χ0n) is 10.8. The Morgan fingerprint density at radius 2 is 2.11 bits per heavy atom. The monoisotopic (exact) mass is 276 g/mol. The molecule has 19 heavy (non-hydrogen) atoms. The first-order chi connectivity index (χ1) is 9.28. The zero-order chi connectivity index (χ0) is 13.5. The Morgan fingerprint density at radius 1 is 1.32 bits per heavy atom. The summed E-state index contributed by atoms with van der Waals surface area (Å²) in [5.74, 6) is 1.59. The summed E-state index contributed by atoms with van der Waals surface area (Å²) in [6.45, 7) is 2.56. The van der Waals surface area contributed by atoms with Crippen molar-refractivity contribution in [1.29, 1.82) is 0 Å². The predicted octanol–water partition coefficient (Wildman–Crippen LogP) is 2.50. The van der Waals surface area contributed by atoms with Crippen LogP contribution in [0.2, 0.25) is 0 Å². The van der Waals surface area contributed by atoms with Crippen LogP contribution in [0.25, 0.3) is 0 Å². The lowest BCUT2D eigenvalue weighted by atomic mass is 10.3. The molecule has 0 aliphatic heterocycles. The SMILES string of the molecule is CCc1cc(=O)[nH]c(SCCOc2ccccc2)n1. The van der Waals surface area contributed by atoms with Crippen LogP contribution in [-0.2, 0) is 6.42 Å². The summed E-state index contributed by atoms with van der Waals surface area (Å²) in [6.07, 6.45) is 0.762. The van der Waals surface area contributed by atoms with Gasteiger partial charge in [-0.1, -0.05) is 36.9 Å². The second kappa shape index (κ2) is 6.99. The van der Waals surface area contributed by atoms with Crippen molar-refractivity contribution >= 4 is 11.8 Å². The van der Waals surface area contributed by atoms with Crippen LogP contribution in [0, 0.1) is 0 Å². The highest BCUT2D eigenvalue weighted by Crippen LogP contribution is 2.13. The summed E-state index contributed by atoms with van der Waals surface area (Å²) < 4.78 is 5.57. The molecule has 1 aromatic carbocycles. The Labute approximate surface area is 116 Å². The molecule has 0 saturated heterocycles. The minimum absolute atomic E-state index is 0.0988. The summed E-state index contributed by atoms with van der Waals surface area (Å²) in [6, 6.07) is 11.2. The van der Waals surface area contributed by atoms with Crippen LogP contribution in [0.3, 0.4) is 0 Å². The number of ether oxygens (including phenoxy) is 1. The van der Waals surface area contributed by atoms with Crippen molar-refractivity contribution in [1.82, 2.24) is 9.97 Å². The molecule has 0 unspecified atom stereocenters. The summed E-state index contributed by atoms with van der Waals surface area (Å²) in [5, 5.41) is 0.654. The highest BCUT2D eigenvalue weighted by Gasteiger charge is 2.01. The lowest BCUT2D eigenvalue weighted by Crippen LogP contribution is -2.10. The molecule has 0 radical (unpaired) electrons. The number of aromatic amines is 1. The molecule has 0 fully saturated rings. The van der Waals surface area contributed by atoms with E-state index in [-0.39, 0.29) is 5.56 Å². The van der Waals surface area contributed by atoms with Gasteiger partial charge in [-0.25, -0.2) is 4.98 Å². The van der Waals surface area contributed by atoms with E-state index in [2.05, 4.69) is 9.97 Å². The Hall–Kier alpha value is -1.75. The van der Waals surface area contributed by atoms with Crippen molar-refractivity contribution in [2.75, 3.05) is 12.4 Å². The van der Waals surface area contributed by atoms with Gasteiger partial charge in [-0.3, -0.25) is 4.79 Å². The molecule has 0 spiro atoms. The number of nitrogens with zero attached hydrogens (tertiary/aromatic N) is 1. The minimum Gasteiger partial charge on any atom is -0.493 e. The van der Waals surface area contributed by atoms with E-state index in [9.17, 15) is 4.79 Å². The number of benzene rings is 1. The smallest absolute Gasteiger partial charge is 0.251 e. The third-order valence-electron chi connectivity index (χ3n) is 2.47. The molecule has 5 heteroatoms. The van der Waals surface area contributed by atoms with Crippen LogP contribution in [0.5, 0.6) is 5.75 Å².